The van der Waals surface area contributed by atoms with E-state index in [1.807, 2.05) is 26.0 Å². The summed E-state index contributed by atoms with van der Waals surface area (Å²) >= 11 is 3.23. The molecule has 9 nitrogen and oxygen atoms in total. The van der Waals surface area contributed by atoms with Crippen molar-refractivity contribution in [3.63, 3.8) is 0 Å². The molecule has 0 saturated carbocycles. The fraction of sp³-hybridized carbons (Fsp3) is 0.163. The summed E-state index contributed by atoms with van der Waals surface area (Å²) in [7, 11) is 1.30. The molecule has 0 aliphatic carbocycles. The first-order valence-electron chi connectivity index (χ1n) is 17.0. The Kier molecular flexibility index (Phi) is 12.0. The average molecular weight is 759 g/mol. The lowest BCUT2D eigenvalue weighted by molar-refractivity contribution is -0.134. The zero-order chi connectivity index (χ0) is 38.2. The van der Waals surface area contributed by atoms with Gasteiger partial charge in [-0.15, -0.1) is 22.7 Å². The molecule has 7 rings (SSSR count). The number of carbonyl (C=O) groups is 1. The van der Waals surface area contributed by atoms with E-state index in [1.165, 1.54) is 42.5 Å². The molecular formula is C43H38N2O7S2. The van der Waals surface area contributed by atoms with E-state index in [2.05, 4.69) is 77.1 Å². The number of thiazole rings is 2. The van der Waals surface area contributed by atoms with Crippen molar-refractivity contribution in [3.8, 4) is 38.4 Å². The maximum absolute atomic E-state index is 11.4. The number of carbonyl (C=O) groups excluding carboxylic acids is 1. The molecule has 3 aromatic heterocycles. The molecule has 0 unspecified atom stereocenters. The lowest BCUT2D eigenvalue weighted by atomic mass is 10.2. The van der Waals surface area contributed by atoms with Gasteiger partial charge in [0.05, 0.1) is 28.3 Å². The number of rotatable bonds is 10. The van der Waals surface area contributed by atoms with Gasteiger partial charge in [-0.3, -0.25) is 0 Å². The van der Waals surface area contributed by atoms with Crippen molar-refractivity contribution in [2.45, 2.75) is 40.9 Å². The van der Waals surface area contributed by atoms with Gasteiger partial charge in [0.2, 0.25) is 0 Å². The molecule has 54 heavy (non-hydrogen) atoms. The Balaban J connectivity index is 0.000000185. The van der Waals surface area contributed by atoms with Crippen LogP contribution in [0.15, 0.2) is 112 Å². The van der Waals surface area contributed by atoms with Crippen LogP contribution in [0.2, 0.25) is 0 Å². The number of fused-ring (bicyclic) bond motifs is 1. The van der Waals surface area contributed by atoms with Gasteiger partial charge in [0.25, 0.3) is 0 Å². The Morgan fingerprint density at radius 1 is 0.722 bits per heavy atom. The van der Waals surface area contributed by atoms with Crippen LogP contribution in [0.25, 0.3) is 38.2 Å². The van der Waals surface area contributed by atoms with E-state index in [0.29, 0.717) is 35.9 Å². The second-order valence-electron chi connectivity index (χ2n) is 12.4. The third-order valence-electron chi connectivity index (χ3n) is 8.32. The number of methoxy groups -OCH3 is 1. The molecule has 3 heterocycles. The lowest BCUT2D eigenvalue weighted by Gasteiger charge is -2.07. The van der Waals surface area contributed by atoms with Crippen LogP contribution in [0.5, 0.6) is 17.2 Å². The van der Waals surface area contributed by atoms with Gasteiger partial charge in [0.1, 0.15) is 46.1 Å². The number of aromatic hydroxyl groups is 1. The van der Waals surface area contributed by atoms with E-state index in [1.54, 1.807) is 46.9 Å². The fourth-order valence-electron chi connectivity index (χ4n) is 5.17. The summed E-state index contributed by atoms with van der Waals surface area (Å²) in [4.78, 5) is 33.9. The number of hydrogen-bond donors (Lipinski definition) is 1. The SMILES string of the molecule is COC(=O)/C=C/c1ccc(OCc2sc(-c3ccc(C)cc3)nc2C)cc1O.Cc1ccc(-c2nc(C)c(COc3ccc4ccc(=O)oc4c3)s2)cc1. The first-order chi connectivity index (χ1) is 26.0. The number of aromatic nitrogens is 2. The third-order valence-corrected chi connectivity index (χ3v) is 10.7. The molecule has 0 aliphatic rings. The van der Waals surface area contributed by atoms with Crippen molar-refractivity contribution in [2.75, 3.05) is 7.11 Å². The number of phenols is 1. The topological polar surface area (TPSA) is 121 Å². The molecule has 0 bridgehead atoms. The van der Waals surface area contributed by atoms with Crippen LogP contribution < -0.4 is 15.1 Å². The van der Waals surface area contributed by atoms with Crippen LogP contribution in [0.3, 0.4) is 0 Å². The fourth-order valence-corrected chi connectivity index (χ4v) is 7.13. The minimum absolute atomic E-state index is 0.0269. The van der Waals surface area contributed by atoms with Crippen molar-refractivity contribution in [1.82, 2.24) is 9.97 Å². The summed E-state index contributed by atoms with van der Waals surface area (Å²) in [5.74, 6) is 0.748. The van der Waals surface area contributed by atoms with Crippen molar-refractivity contribution < 1.29 is 28.5 Å². The summed E-state index contributed by atoms with van der Waals surface area (Å²) in [5.41, 5.74) is 7.21. The standard InChI is InChI=1S/C22H21NO4S.C21H17NO3S/c1-14-4-6-17(7-5-14)22-23-15(2)20(28-22)13-27-18-10-8-16(19(24)12-18)9-11-21(25)26-3;1-13-3-5-16(6-4-13)21-22-14(2)19(26-21)12-24-17-9-7-15-8-10-20(23)25-18(15)11-17/h4-12,24H,13H2,1-3H3;3-11H,12H2,1-2H3/b11-9+;. The number of esters is 1. The molecule has 4 aromatic carbocycles. The molecule has 274 valence electrons. The largest absolute Gasteiger partial charge is 0.507 e. The molecule has 0 spiro atoms. The van der Waals surface area contributed by atoms with Crippen LogP contribution >= 0.6 is 22.7 Å². The highest BCUT2D eigenvalue weighted by Gasteiger charge is 2.12. The van der Waals surface area contributed by atoms with Gasteiger partial charge in [-0.1, -0.05) is 59.7 Å². The average Bonchev–Trinajstić information content (AvgIpc) is 3.74. The van der Waals surface area contributed by atoms with Crippen LogP contribution in [-0.4, -0.2) is 28.2 Å². The number of aryl methyl sites for hydroxylation is 4. The summed E-state index contributed by atoms with van der Waals surface area (Å²) in [6.45, 7) is 8.88. The van der Waals surface area contributed by atoms with Crippen molar-refractivity contribution in [3.05, 3.63) is 151 Å². The molecule has 0 amide bonds. The number of benzene rings is 4. The van der Waals surface area contributed by atoms with E-state index in [4.69, 9.17) is 13.9 Å². The second-order valence-corrected chi connectivity index (χ2v) is 14.6. The molecule has 7 aromatic rings. The van der Waals surface area contributed by atoms with Gasteiger partial charge >= 0.3 is 11.6 Å². The summed E-state index contributed by atoms with van der Waals surface area (Å²) < 4.78 is 21.5. The maximum atomic E-state index is 11.4. The van der Waals surface area contributed by atoms with Gasteiger partial charge < -0.3 is 23.7 Å². The lowest BCUT2D eigenvalue weighted by Crippen LogP contribution is -1.97. The van der Waals surface area contributed by atoms with E-state index < -0.39 is 5.97 Å². The summed E-state index contributed by atoms with van der Waals surface area (Å²) in [5, 5.41) is 12.9. The molecule has 0 radical (unpaired) electrons. The van der Waals surface area contributed by atoms with E-state index in [0.717, 1.165) is 47.7 Å². The third kappa shape index (κ3) is 9.68. The smallest absolute Gasteiger partial charge is 0.336 e. The van der Waals surface area contributed by atoms with Gasteiger partial charge in [-0.05, 0) is 64.1 Å². The second kappa shape index (κ2) is 17.2. The number of hydrogen-bond acceptors (Lipinski definition) is 11. The predicted molar refractivity (Wildman–Crippen MR) is 214 cm³/mol. The molecule has 0 aliphatic heterocycles. The van der Waals surface area contributed by atoms with Gasteiger partial charge in [0.15, 0.2) is 0 Å². The highest BCUT2D eigenvalue weighted by Crippen LogP contribution is 2.32. The number of ether oxygens (including phenoxy) is 3. The first-order valence-corrected chi connectivity index (χ1v) is 18.6. The Labute approximate surface area is 320 Å². The number of nitrogens with zero attached hydrogens (tertiary/aromatic N) is 2. The number of phenolic OH excluding ortho intramolecular Hbond substituents is 1. The predicted octanol–water partition coefficient (Wildman–Crippen LogP) is 10.0. The Morgan fingerprint density at radius 3 is 1.78 bits per heavy atom. The van der Waals surface area contributed by atoms with Crippen LogP contribution in [0.4, 0.5) is 0 Å². The van der Waals surface area contributed by atoms with Crippen LogP contribution in [-0.2, 0) is 22.7 Å². The minimum Gasteiger partial charge on any atom is -0.507 e. The highest BCUT2D eigenvalue weighted by atomic mass is 32.1. The maximum Gasteiger partial charge on any atom is 0.336 e. The molecule has 11 heteroatoms. The molecular weight excluding hydrogens is 721 g/mol. The minimum atomic E-state index is -0.482. The van der Waals surface area contributed by atoms with Crippen molar-refractivity contribution in [1.29, 1.82) is 0 Å². The molecule has 1 N–H and O–H groups in total. The normalized spacial score (nSPS) is 11.0. The first kappa shape index (κ1) is 37.7. The molecule has 0 fully saturated rings. The molecule has 0 atom stereocenters. The Hall–Kier alpha value is -6.04. The Morgan fingerprint density at radius 2 is 1.24 bits per heavy atom. The monoisotopic (exact) mass is 758 g/mol. The molecule has 0 saturated heterocycles. The Bertz CT molecular complexity index is 2480. The highest BCUT2D eigenvalue weighted by molar-refractivity contribution is 7.15. The van der Waals surface area contributed by atoms with E-state index in [9.17, 15) is 14.7 Å². The summed E-state index contributed by atoms with van der Waals surface area (Å²) in [6, 6.07) is 30.2. The zero-order valence-electron chi connectivity index (χ0n) is 30.4. The van der Waals surface area contributed by atoms with Gasteiger partial charge in [-0.25, -0.2) is 19.6 Å². The zero-order valence-corrected chi connectivity index (χ0v) is 32.0. The quantitative estimate of drug-likeness (QED) is 0.0825. The summed E-state index contributed by atoms with van der Waals surface area (Å²) in [6.07, 6.45) is 2.75. The van der Waals surface area contributed by atoms with Crippen LogP contribution in [0, 0.1) is 27.7 Å². The van der Waals surface area contributed by atoms with E-state index in [-0.39, 0.29) is 11.4 Å². The van der Waals surface area contributed by atoms with Crippen molar-refractivity contribution in [2.24, 2.45) is 0 Å². The van der Waals surface area contributed by atoms with Crippen LogP contribution in [0.1, 0.15) is 37.8 Å². The van der Waals surface area contributed by atoms with Crippen molar-refractivity contribution >= 4 is 45.7 Å². The van der Waals surface area contributed by atoms with E-state index >= 15 is 0 Å². The van der Waals surface area contributed by atoms with Gasteiger partial charge in [-0.2, -0.15) is 0 Å². The van der Waals surface area contributed by atoms with Gasteiger partial charge in [0, 0.05) is 46.4 Å².